The number of ether oxygens (including phenoxy) is 1. The Morgan fingerprint density at radius 2 is 1.82 bits per heavy atom. The van der Waals surface area contributed by atoms with Crippen molar-refractivity contribution in [3.63, 3.8) is 0 Å². The van der Waals surface area contributed by atoms with Crippen LogP contribution in [0.2, 0.25) is 5.02 Å². The first kappa shape index (κ1) is 26.6. The lowest BCUT2D eigenvalue weighted by atomic mass is 9.78. The summed E-state index contributed by atoms with van der Waals surface area (Å²) in [4.78, 5) is 23.6. The van der Waals surface area contributed by atoms with Crippen molar-refractivity contribution in [2.24, 2.45) is 11.8 Å². The number of benzene rings is 1. The van der Waals surface area contributed by atoms with Gasteiger partial charge in [-0.05, 0) is 62.8 Å². The van der Waals surface area contributed by atoms with Crippen molar-refractivity contribution in [2.75, 3.05) is 19.6 Å². The summed E-state index contributed by atoms with van der Waals surface area (Å²) in [5, 5.41) is 25.0. The summed E-state index contributed by atoms with van der Waals surface area (Å²) in [6.07, 6.45) is 6.23. The molecule has 0 radical (unpaired) electrons. The molecule has 1 aromatic carbocycles. The number of aromatic nitrogens is 2. The van der Waals surface area contributed by atoms with E-state index in [9.17, 15) is 5.11 Å². The molecular formula is C23H32ClN3O6. The third-order valence-electron chi connectivity index (χ3n) is 6.04. The van der Waals surface area contributed by atoms with Crippen LogP contribution in [0.15, 0.2) is 36.7 Å². The SMILES string of the molecule is Cc1nccn1CCCN1C[C@H]2C[C@@H](Oc3cccc(Cl)c3)[C@H](O)C[C@H]2C1.O=CO.O=CO. The van der Waals surface area contributed by atoms with E-state index in [-0.39, 0.29) is 19.0 Å². The Morgan fingerprint density at radius 3 is 2.42 bits per heavy atom. The van der Waals surface area contributed by atoms with Crippen molar-refractivity contribution in [1.29, 1.82) is 0 Å². The number of aliphatic hydroxyl groups is 1. The van der Waals surface area contributed by atoms with Gasteiger partial charge in [-0.3, -0.25) is 9.59 Å². The zero-order valence-corrected chi connectivity index (χ0v) is 19.4. The van der Waals surface area contributed by atoms with Gasteiger partial charge in [0.1, 0.15) is 17.7 Å². The van der Waals surface area contributed by atoms with Crippen LogP contribution in [-0.4, -0.2) is 74.6 Å². The quantitative estimate of drug-likeness (QED) is 0.538. The van der Waals surface area contributed by atoms with Gasteiger partial charge in [0.25, 0.3) is 12.9 Å². The predicted octanol–water partition coefficient (Wildman–Crippen LogP) is 2.79. The van der Waals surface area contributed by atoms with Crippen molar-refractivity contribution >= 4 is 24.5 Å². The molecule has 3 N–H and O–H groups in total. The number of rotatable bonds is 6. The maximum Gasteiger partial charge on any atom is 0.290 e. The number of carbonyl (C=O) groups is 2. The van der Waals surface area contributed by atoms with Crippen molar-refractivity contribution < 1.29 is 29.6 Å². The highest BCUT2D eigenvalue weighted by atomic mass is 35.5. The fourth-order valence-corrected chi connectivity index (χ4v) is 4.80. The molecule has 33 heavy (non-hydrogen) atoms. The molecule has 182 valence electrons. The highest BCUT2D eigenvalue weighted by Crippen LogP contribution is 2.38. The molecule has 2 heterocycles. The summed E-state index contributed by atoms with van der Waals surface area (Å²) in [7, 11) is 0. The van der Waals surface area contributed by atoms with Gasteiger partial charge in [-0.25, -0.2) is 4.98 Å². The lowest BCUT2D eigenvalue weighted by Gasteiger charge is -2.35. The van der Waals surface area contributed by atoms with Crippen LogP contribution in [0.25, 0.3) is 0 Å². The first-order valence-electron chi connectivity index (χ1n) is 10.9. The van der Waals surface area contributed by atoms with E-state index in [0.29, 0.717) is 16.9 Å². The topological polar surface area (TPSA) is 125 Å². The van der Waals surface area contributed by atoms with Gasteiger partial charge in [0, 0.05) is 37.1 Å². The van der Waals surface area contributed by atoms with Crippen molar-refractivity contribution in [2.45, 2.75) is 44.9 Å². The molecule has 0 amide bonds. The van der Waals surface area contributed by atoms with Crippen molar-refractivity contribution in [1.82, 2.24) is 14.5 Å². The Balaban J connectivity index is 0.000000582. The average Bonchev–Trinajstić information content (AvgIpc) is 3.35. The average molecular weight is 482 g/mol. The van der Waals surface area contributed by atoms with Gasteiger partial charge < -0.3 is 29.5 Å². The Labute approximate surface area is 198 Å². The van der Waals surface area contributed by atoms with E-state index in [2.05, 4.69) is 14.5 Å². The summed E-state index contributed by atoms with van der Waals surface area (Å²) in [6.45, 7) is 5.86. The molecule has 1 saturated heterocycles. The lowest BCUT2D eigenvalue weighted by molar-refractivity contribution is -0.123. The highest BCUT2D eigenvalue weighted by Gasteiger charge is 2.42. The number of carboxylic acid groups (broad SMARTS) is 2. The van der Waals surface area contributed by atoms with Crippen LogP contribution in [0, 0.1) is 18.8 Å². The molecule has 1 aliphatic carbocycles. The maximum atomic E-state index is 10.6. The molecule has 1 aromatic heterocycles. The number of hydrogen-bond donors (Lipinski definition) is 3. The van der Waals surface area contributed by atoms with Gasteiger partial charge in [-0.1, -0.05) is 17.7 Å². The fraction of sp³-hybridized carbons (Fsp3) is 0.522. The Hall–Kier alpha value is -2.62. The molecule has 2 fully saturated rings. The molecule has 10 heteroatoms. The van der Waals surface area contributed by atoms with E-state index >= 15 is 0 Å². The van der Waals surface area contributed by atoms with Crippen molar-refractivity contribution in [3.05, 3.63) is 47.5 Å². The molecule has 2 aliphatic rings. The summed E-state index contributed by atoms with van der Waals surface area (Å²) < 4.78 is 8.28. The van der Waals surface area contributed by atoms with Crippen LogP contribution in [-0.2, 0) is 16.1 Å². The second-order valence-electron chi connectivity index (χ2n) is 8.16. The van der Waals surface area contributed by atoms with Gasteiger partial charge in [0.05, 0.1) is 6.10 Å². The monoisotopic (exact) mass is 481 g/mol. The van der Waals surface area contributed by atoms with Crippen LogP contribution >= 0.6 is 11.6 Å². The van der Waals surface area contributed by atoms with E-state index in [1.165, 1.54) is 0 Å². The summed E-state index contributed by atoms with van der Waals surface area (Å²) in [5.74, 6) is 3.01. The van der Waals surface area contributed by atoms with Crippen LogP contribution in [0.4, 0.5) is 0 Å². The normalized spacial score (nSPS) is 23.8. The summed E-state index contributed by atoms with van der Waals surface area (Å²) >= 11 is 6.05. The third-order valence-corrected chi connectivity index (χ3v) is 6.28. The smallest absolute Gasteiger partial charge is 0.290 e. The van der Waals surface area contributed by atoms with Crippen molar-refractivity contribution in [3.8, 4) is 5.75 Å². The Bertz CT molecular complexity index is 858. The van der Waals surface area contributed by atoms with Gasteiger partial charge in [0.15, 0.2) is 0 Å². The minimum atomic E-state index is -0.404. The molecule has 0 unspecified atom stereocenters. The van der Waals surface area contributed by atoms with E-state index < -0.39 is 6.10 Å². The zero-order chi connectivity index (χ0) is 24.2. The first-order valence-corrected chi connectivity index (χ1v) is 11.3. The molecule has 2 aromatic rings. The second-order valence-corrected chi connectivity index (χ2v) is 8.60. The number of fused-ring (bicyclic) bond motifs is 1. The van der Waals surface area contributed by atoms with Crippen LogP contribution in [0.5, 0.6) is 5.75 Å². The zero-order valence-electron chi connectivity index (χ0n) is 18.7. The number of imidazole rings is 1. The molecule has 4 atom stereocenters. The first-order chi connectivity index (χ1) is 15.9. The van der Waals surface area contributed by atoms with Crippen LogP contribution in [0.1, 0.15) is 25.1 Å². The molecule has 0 spiro atoms. The van der Waals surface area contributed by atoms with E-state index in [1.807, 2.05) is 43.6 Å². The fourth-order valence-electron chi connectivity index (χ4n) is 4.62. The molecular weight excluding hydrogens is 450 g/mol. The number of aryl methyl sites for hydroxylation is 2. The summed E-state index contributed by atoms with van der Waals surface area (Å²) in [5.41, 5.74) is 0. The lowest BCUT2D eigenvalue weighted by Crippen LogP contribution is -2.42. The predicted molar refractivity (Wildman–Crippen MR) is 123 cm³/mol. The van der Waals surface area contributed by atoms with Gasteiger partial charge in [0.2, 0.25) is 0 Å². The minimum Gasteiger partial charge on any atom is -0.488 e. The van der Waals surface area contributed by atoms with E-state index in [0.717, 1.165) is 57.0 Å². The number of hydrogen-bond acceptors (Lipinski definition) is 6. The Kier molecular flexibility index (Phi) is 11.2. The summed E-state index contributed by atoms with van der Waals surface area (Å²) in [6, 6.07) is 7.44. The number of aliphatic hydroxyl groups excluding tert-OH is 1. The molecule has 1 aliphatic heterocycles. The van der Waals surface area contributed by atoms with Gasteiger partial charge in [-0.2, -0.15) is 0 Å². The van der Waals surface area contributed by atoms with Crippen LogP contribution in [0.3, 0.4) is 0 Å². The molecule has 1 saturated carbocycles. The van der Waals surface area contributed by atoms with E-state index in [4.69, 9.17) is 36.1 Å². The third kappa shape index (κ3) is 8.34. The standard InChI is InChI=1S/C21H28ClN3O2.2CH2O2/c1-15-23-6-9-25(15)8-3-7-24-13-16-10-20(26)21(11-17(16)14-24)27-19-5-2-4-18(22)12-19;2*2-1-3/h2,4-6,9,12,16-17,20-21,26H,3,7-8,10-11,13-14H2,1H3;2*1H,(H,2,3)/t16-,17+,20+,21+;;/m0../s1. The number of halogens is 1. The van der Waals surface area contributed by atoms with E-state index in [1.54, 1.807) is 0 Å². The maximum absolute atomic E-state index is 10.6. The number of nitrogens with zero attached hydrogens (tertiary/aromatic N) is 3. The minimum absolute atomic E-state index is 0.140. The largest absolute Gasteiger partial charge is 0.488 e. The second kappa shape index (κ2) is 13.8. The molecule has 9 nitrogen and oxygen atoms in total. The molecule has 0 bridgehead atoms. The van der Waals surface area contributed by atoms with Gasteiger partial charge in [-0.15, -0.1) is 0 Å². The van der Waals surface area contributed by atoms with Gasteiger partial charge >= 0.3 is 0 Å². The molecule has 4 rings (SSSR count). The number of likely N-dealkylation sites (tertiary alicyclic amines) is 1. The highest BCUT2D eigenvalue weighted by molar-refractivity contribution is 6.30. The van der Waals surface area contributed by atoms with Crippen LogP contribution < -0.4 is 4.74 Å². The Morgan fingerprint density at radius 1 is 1.15 bits per heavy atom.